The van der Waals surface area contributed by atoms with Crippen molar-refractivity contribution in [1.82, 2.24) is 0 Å². The molecule has 1 unspecified atom stereocenters. The highest BCUT2D eigenvalue weighted by molar-refractivity contribution is 5.63. The largest absolute Gasteiger partial charge is 0.462 e. The molecule has 0 amide bonds. The number of benzene rings is 2. The molecular weight excluding hydrogens is 386 g/mol. The highest BCUT2D eigenvalue weighted by atomic mass is 16.7. The van der Waals surface area contributed by atoms with E-state index in [2.05, 4.69) is 36.5 Å². The molecule has 2 aromatic rings. The van der Waals surface area contributed by atoms with Gasteiger partial charge in [-0.2, -0.15) is 0 Å². The minimum atomic E-state index is -1.47. The number of anilines is 1. The first-order chi connectivity index (χ1) is 14.5. The third-order valence-corrected chi connectivity index (χ3v) is 6.02. The van der Waals surface area contributed by atoms with Crippen molar-refractivity contribution in [2.45, 2.75) is 56.4 Å². The number of hydrogen-bond donors (Lipinski definition) is 5. The van der Waals surface area contributed by atoms with Crippen LogP contribution in [0.5, 0.6) is 5.75 Å². The normalized spacial score (nSPS) is 30.6. The van der Waals surface area contributed by atoms with Gasteiger partial charge in [-0.1, -0.05) is 37.3 Å². The van der Waals surface area contributed by atoms with E-state index < -0.39 is 37.3 Å². The number of fused-ring (bicyclic) bond motifs is 1. The first-order valence-corrected chi connectivity index (χ1v) is 10.4. The zero-order valence-corrected chi connectivity index (χ0v) is 16.9. The average molecular weight is 415 g/mol. The maximum atomic E-state index is 10.3. The topological polar surface area (TPSA) is 111 Å². The molecule has 2 aromatic carbocycles. The van der Waals surface area contributed by atoms with E-state index in [4.69, 9.17) is 9.47 Å². The van der Waals surface area contributed by atoms with Gasteiger partial charge in [0.1, 0.15) is 30.2 Å². The summed E-state index contributed by atoms with van der Waals surface area (Å²) in [4.78, 5) is 0. The molecule has 0 aromatic heterocycles. The van der Waals surface area contributed by atoms with E-state index in [1.54, 1.807) is 6.07 Å². The van der Waals surface area contributed by atoms with E-state index in [-0.39, 0.29) is 5.92 Å². The number of aryl methyl sites for hydroxylation is 1. The van der Waals surface area contributed by atoms with E-state index in [9.17, 15) is 20.4 Å². The van der Waals surface area contributed by atoms with Crippen LogP contribution in [0.2, 0.25) is 0 Å². The standard InChI is InChI=1S/C23H29NO6/c1-2-13-6-8-14(9-7-13)10-15-11-24-16-4-3-5-17(19(15)16)29-23-22(28)21(27)20(26)18(12-25)30-23/h3-9,15,18,20-28H,2,10-12H2,1H3/t15?,18-,20-,21+,22-,23-/m1/s1. The van der Waals surface area contributed by atoms with Crippen molar-refractivity contribution in [3.05, 3.63) is 59.2 Å². The molecule has 7 heteroatoms. The molecule has 30 heavy (non-hydrogen) atoms. The molecule has 0 radical (unpaired) electrons. The number of ether oxygens (including phenoxy) is 2. The zero-order chi connectivity index (χ0) is 21.3. The molecule has 7 nitrogen and oxygen atoms in total. The second kappa shape index (κ2) is 8.91. The van der Waals surface area contributed by atoms with E-state index in [1.165, 1.54) is 11.1 Å². The summed E-state index contributed by atoms with van der Waals surface area (Å²) in [5.74, 6) is 0.727. The molecule has 2 aliphatic heterocycles. The van der Waals surface area contributed by atoms with E-state index >= 15 is 0 Å². The van der Waals surface area contributed by atoms with Gasteiger partial charge in [0.25, 0.3) is 0 Å². The Bertz CT molecular complexity index is 855. The molecule has 4 rings (SSSR count). The maximum absolute atomic E-state index is 10.3. The van der Waals surface area contributed by atoms with Crippen molar-refractivity contribution in [2.75, 3.05) is 18.5 Å². The Hall–Kier alpha value is -2.16. The Morgan fingerprint density at radius 1 is 1.00 bits per heavy atom. The second-order valence-corrected chi connectivity index (χ2v) is 7.98. The molecular formula is C23H29NO6. The fourth-order valence-corrected chi connectivity index (χ4v) is 4.22. The Morgan fingerprint density at radius 2 is 1.73 bits per heavy atom. The molecule has 162 valence electrons. The molecule has 0 saturated carbocycles. The summed E-state index contributed by atoms with van der Waals surface area (Å²) in [6.45, 7) is 2.41. The summed E-state index contributed by atoms with van der Waals surface area (Å²) in [6, 6.07) is 14.2. The lowest BCUT2D eigenvalue weighted by atomic mass is 9.92. The van der Waals surface area contributed by atoms with Gasteiger partial charge in [0.15, 0.2) is 0 Å². The molecule has 0 aliphatic carbocycles. The lowest BCUT2D eigenvalue weighted by molar-refractivity contribution is -0.277. The minimum absolute atomic E-state index is 0.175. The number of aliphatic hydroxyl groups excluding tert-OH is 4. The molecule has 0 bridgehead atoms. The molecule has 5 N–H and O–H groups in total. The number of nitrogens with one attached hydrogen (secondary N) is 1. The lowest BCUT2D eigenvalue weighted by Crippen LogP contribution is -2.60. The van der Waals surface area contributed by atoms with Gasteiger partial charge in [-0.3, -0.25) is 0 Å². The highest BCUT2D eigenvalue weighted by Crippen LogP contribution is 2.41. The quantitative estimate of drug-likeness (QED) is 0.482. The average Bonchev–Trinajstić information content (AvgIpc) is 3.18. The summed E-state index contributed by atoms with van der Waals surface area (Å²) in [6.07, 6.45) is -4.68. The molecule has 0 spiro atoms. The zero-order valence-electron chi connectivity index (χ0n) is 16.9. The van der Waals surface area contributed by atoms with Crippen LogP contribution in [0.25, 0.3) is 0 Å². The summed E-state index contributed by atoms with van der Waals surface area (Å²) in [5.41, 5.74) is 4.49. The van der Waals surface area contributed by atoms with Crippen LogP contribution in [0.3, 0.4) is 0 Å². The Labute approximate surface area is 175 Å². The van der Waals surface area contributed by atoms with Gasteiger partial charge < -0.3 is 35.2 Å². The van der Waals surface area contributed by atoms with Crippen LogP contribution in [0.15, 0.2) is 42.5 Å². The molecule has 1 saturated heterocycles. The smallest absolute Gasteiger partial charge is 0.229 e. The first kappa shape index (κ1) is 21.1. The predicted molar refractivity (Wildman–Crippen MR) is 112 cm³/mol. The van der Waals surface area contributed by atoms with Crippen molar-refractivity contribution < 1.29 is 29.9 Å². The molecule has 1 fully saturated rings. The van der Waals surface area contributed by atoms with Gasteiger partial charge in [-0.05, 0) is 36.1 Å². The van der Waals surface area contributed by atoms with Crippen LogP contribution in [0, 0.1) is 0 Å². The predicted octanol–water partition coefficient (Wildman–Crippen LogP) is 1.18. The van der Waals surface area contributed by atoms with Crippen LogP contribution in [0.1, 0.15) is 29.5 Å². The minimum Gasteiger partial charge on any atom is -0.462 e. The van der Waals surface area contributed by atoms with Gasteiger partial charge >= 0.3 is 0 Å². The third kappa shape index (κ3) is 4.04. The number of rotatable bonds is 6. The van der Waals surface area contributed by atoms with Crippen molar-refractivity contribution >= 4 is 5.69 Å². The van der Waals surface area contributed by atoms with Crippen LogP contribution in [-0.4, -0.2) is 64.3 Å². The summed E-state index contributed by atoms with van der Waals surface area (Å²) in [5, 5.41) is 43.2. The number of hydrogen-bond acceptors (Lipinski definition) is 7. The van der Waals surface area contributed by atoms with Crippen LogP contribution in [-0.2, 0) is 17.6 Å². The monoisotopic (exact) mass is 415 g/mol. The van der Waals surface area contributed by atoms with Crippen LogP contribution in [0.4, 0.5) is 5.69 Å². The molecule has 6 atom stereocenters. The fraction of sp³-hybridized carbons (Fsp3) is 0.478. The SMILES string of the molecule is CCc1ccc(CC2CNc3cccc(O[C@@H]4O[C@H](CO)[C@@H](O)[C@H](O)[C@H]4O)c32)cc1. The Morgan fingerprint density at radius 3 is 2.43 bits per heavy atom. The van der Waals surface area contributed by atoms with Crippen molar-refractivity contribution in [1.29, 1.82) is 0 Å². The van der Waals surface area contributed by atoms with Gasteiger partial charge in [0.2, 0.25) is 6.29 Å². The van der Waals surface area contributed by atoms with Crippen molar-refractivity contribution in [2.24, 2.45) is 0 Å². The summed E-state index contributed by atoms with van der Waals surface area (Å²) >= 11 is 0. The van der Waals surface area contributed by atoms with Gasteiger partial charge in [-0.25, -0.2) is 0 Å². The first-order valence-electron chi connectivity index (χ1n) is 10.4. The maximum Gasteiger partial charge on any atom is 0.229 e. The Kier molecular flexibility index (Phi) is 6.26. The van der Waals surface area contributed by atoms with Gasteiger partial charge in [-0.15, -0.1) is 0 Å². The molecule has 2 aliphatic rings. The van der Waals surface area contributed by atoms with E-state index in [0.29, 0.717) is 5.75 Å². The fourth-order valence-electron chi connectivity index (χ4n) is 4.22. The van der Waals surface area contributed by atoms with E-state index in [0.717, 1.165) is 30.6 Å². The number of aliphatic hydroxyl groups is 4. The highest BCUT2D eigenvalue weighted by Gasteiger charge is 2.45. The van der Waals surface area contributed by atoms with Crippen molar-refractivity contribution in [3.63, 3.8) is 0 Å². The summed E-state index contributed by atoms with van der Waals surface area (Å²) < 4.78 is 11.5. The van der Waals surface area contributed by atoms with Crippen molar-refractivity contribution in [3.8, 4) is 5.75 Å². The van der Waals surface area contributed by atoms with Crippen LogP contribution >= 0.6 is 0 Å². The lowest BCUT2D eigenvalue weighted by Gasteiger charge is -2.39. The summed E-state index contributed by atoms with van der Waals surface area (Å²) in [7, 11) is 0. The van der Waals surface area contributed by atoms with Crippen LogP contribution < -0.4 is 10.1 Å². The van der Waals surface area contributed by atoms with E-state index in [1.807, 2.05) is 12.1 Å². The van der Waals surface area contributed by atoms with Gasteiger partial charge in [0, 0.05) is 23.7 Å². The molecule has 2 heterocycles. The Balaban J connectivity index is 1.55. The third-order valence-electron chi connectivity index (χ3n) is 6.02. The second-order valence-electron chi connectivity index (χ2n) is 7.98. The van der Waals surface area contributed by atoms with Gasteiger partial charge in [0.05, 0.1) is 6.61 Å².